The summed E-state index contributed by atoms with van der Waals surface area (Å²) in [5.41, 5.74) is 2.48. The first-order valence-electron chi connectivity index (χ1n) is 8.74. The molecule has 3 heteroatoms. The Balaban J connectivity index is 1.81. The zero-order valence-electron chi connectivity index (χ0n) is 14.4. The maximum absolute atomic E-state index is 12.7. The monoisotopic (exact) mass is 339 g/mol. The number of hydrogen-bond donors (Lipinski definition) is 1. The fourth-order valence-electron chi connectivity index (χ4n) is 3.14. The number of carbonyl (C=O) groups is 1. The Labute approximate surface area is 148 Å². The van der Waals surface area contributed by atoms with Crippen LogP contribution >= 0.6 is 11.3 Å². The molecule has 2 atom stereocenters. The van der Waals surface area contributed by atoms with Gasteiger partial charge in [0, 0.05) is 10.8 Å². The van der Waals surface area contributed by atoms with Crippen LogP contribution in [0.4, 0.5) is 0 Å². The first-order chi connectivity index (χ1) is 11.6. The lowest BCUT2D eigenvalue weighted by Gasteiger charge is -2.23. The van der Waals surface area contributed by atoms with Gasteiger partial charge >= 0.3 is 0 Å². The van der Waals surface area contributed by atoms with Gasteiger partial charge in [0.05, 0.1) is 6.04 Å². The minimum absolute atomic E-state index is 0.0513. The molecule has 0 saturated carbocycles. The second kappa shape index (κ2) is 7.80. The summed E-state index contributed by atoms with van der Waals surface area (Å²) in [7, 11) is 0. The molecule has 126 valence electrons. The number of allylic oxidation sites excluding steroid dienone is 2. The van der Waals surface area contributed by atoms with Crippen LogP contribution in [0.25, 0.3) is 0 Å². The number of thiophene rings is 1. The molecule has 24 heavy (non-hydrogen) atoms. The average molecular weight is 340 g/mol. The summed E-state index contributed by atoms with van der Waals surface area (Å²) in [6, 6.07) is 12.8. The fraction of sp³-hybridized carbons (Fsp3) is 0.381. The van der Waals surface area contributed by atoms with Crippen LogP contribution in [0, 0.1) is 5.92 Å². The zero-order chi connectivity index (χ0) is 16.9. The van der Waals surface area contributed by atoms with E-state index in [0.29, 0.717) is 5.92 Å². The molecule has 1 heterocycles. The van der Waals surface area contributed by atoms with E-state index in [-0.39, 0.29) is 17.9 Å². The predicted octanol–water partition coefficient (Wildman–Crippen LogP) is 5.43. The van der Waals surface area contributed by atoms with Crippen molar-refractivity contribution < 1.29 is 4.79 Å². The van der Waals surface area contributed by atoms with Gasteiger partial charge in [-0.05, 0) is 47.8 Å². The second-order valence-corrected chi connectivity index (χ2v) is 7.74. The number of carbonyl (C=O) groups excluding carboxylic acids is 1. The molecule has 3 rings (SSSR count). The van der Waals surface area contributed by atoms with E-state index in [1.54, 1.807) is 11.3 Å². The van der Waals surface area contributed by atoms with Gasteiger partial charge in [-0.15, -0.1) is 11.3 Å². The number of benzene rings is 1. The molecule has 1 amide bonds. The van der Waals surface area contributed by atoms with Crippen LogP contribution < -0.4 is 5.32 Å². The van der Waals surface area contributed by atoms with Gasteiger partial charge in [-0.3, -0.25) is 4.79 Å². The summed E-state index contributed by atoms with van der Waals surface area (Å²) < 4.78 is 0. The summed E-state index contributed by atoms with van der Waals surface area (Å²) in [4.78, 5) is 13.9. The van der Waals surface area contributed by atoms with E-state index < -0.39 is 0 Å². The molecule has 0 fully saturated rings. The highest BCUT2D eigenvalue weighted by Crippen LogP contribution is 2.29. The van der Waals surface area contributed by atoms with Crippen molar-refractivity contribution in [1.29, 1.82) is 0 Å². The highest BCUT2D eigenvalue weighted by molar-refractivity contribution is 7.10. The molecule has 1 N–H and O–H groups in total. The van der Waals surface area contributed by atoms with Crippen molar-refractivity contribution in [1.82, 2.24) is 5.32 Å². The van der Waals surface area contributed by atoms with Gasteiger partial charge in [0.15, 0.2) is 0 Å². The van der Waals surface area contributed by atoms with E-state index in [1.165, 1.54) is 10.4 Å². The van der Waals surface area contributed by atoms with Gasteiger partial charge in [-0.2, -0.15) is 0 Å². The van der Waals surface area contributed by atoms with E-state index in [1.807, 2.05) is 6.07 Å². The molecule has 2 aromatic rings. The molecule has 0 radical (unpaired) electrons. The van der Waals surface area contributed by atoms with Crippen molar-refractivity contribution in [3.8, 4) is 0 Å². The number of nitrogens with one attached hydrogen (secondary N) is 1. The molecule has 1 aromatic heterocycles. The maximum Gasteiger partial charge on any atom is 0.224 e. The third-order valence-corrected chi connectivity index (χ3v) is 5.63. The standard InChI is InChI=1S/C21H25NOS/c1-15(2)16-10-12-17(13-11-16)20(19-9-6-14-24-19)22-21(23)18-7-4-3-5-8-18/h3-4,6,9-15,18,20H,5,7-8H2,1-2H3,(H,22,23). The molecule has 0 spiro atoms. The molecule has 1 aliphatic carbocycles. The van der Waals surface area contributed by atoms with E-state index in [9.17, 15) is 4.79 Å². The van der Waals surface area contributed by atoms with Gasteiger partial charge in [-0.25, -0.2) is 0 Å². The van der Waals surface area contributed by atoms with Crippen molar-refractivity contribution >= 4 is 17.2 Å². The Hall–Kier alpha value is -1.87. The minimum Gasteiger partial charge on any atom is -0.344 e. The van der Waals surface area contributed by atoms with Gasteiger partial charge in [-0.1, -0.05) is 56.3 Å². The Kier molecular flexibility index (Phi) is 5.52. The van der Waals surface area contributed by atoms with E-state index >= 15 is 0 Å². The summed E-state index contributed by atoms with van der Waals surface area (Å²) >= 11 is 1.70. The molecule has 0 aliphatic heterocycles. The van der Waals surface area contributed by atoms with Gasteiger partial charge in [0.1, 0.15) is 0 Å². The summed E-state index contributed by atoms with van der Waals surface area (Å²) in [5.74, 6) is 0.793. The van der Waals surface area contributed by atoms with Crippen molar-refractivity contribution in [3.63, 3.8) is 0 Å². The van der Waals surface area contributed by atoms with Crippen molar-refractivity contribution in [3.05, 3.63) is 69.9 Å². The normalized spacial score (nSPS) is 18.5. The zero-order valence-corrected chi connectivity index (χ0v) is 15.2. The number of rotatable bonds is 5. The number of hydrogen-bond acceptors (Lipinski definition) is 2. The summed E-state index contributed by atoms with van der Waals surface area (Å²) in [5, 5.41) is 5.36. The van der Waals surface area contributed by atoms with E-state index in [2.05, 4.69) is 67.0 Å². The van der Waals surface area contributed by atoms with Crippen molar-refractivity contribution in [2.45, 2.75) is 45.1 Å². The van der Waals surface area contributed by atoms with Gasteiger partial charge in [0.2, 0.25) is 5.91 Å². The van der Waals surface area contributed by atoms with E-state index in [4.69, 9.17) is 0 Å². The lowest BCUT2D eigenvalue weighted by molar-refractivity contribution is -0.125. The van der Waals surface area contributed by atoms with Crippen LogP contribution in [0.15, 0.2) is 53.9 Å². The van der Waals surface area contributed by atoms with Crippen molar-refractivity contribution in [2.75, 3.05) is 0 Å². The van der Waals surface area contributed by atoms with Crippen molar-refractivity contribution in [2.24, 2.45) is 5.92 Å². The Bertz CT molecular complexity index is 685. The smallest absolute Gasteiger partial charge is 0.224 e. The third-order valence-electron chi connectivity index (χ3n) is 4.69. The van der Waals surface area contributed by atoms with Crippen LogP contribution in [-0.4, -0.2) is 5.91 Å². The predicted molar refractivity (Wildman–Crippen MR) is 101 cm³/mol. The van der Waals surface area contributed by atoms with Gasteiger partial charge in [0.25, 0.3) is 0 Å². The quantitative estimate of drug-likeness (QED) is 0.723. The Morgan fingerprint density at radius 1 is 1.12 bits per heavy atom. The first kappa shape index (κ1) is 17.0. The van der Waals surface area contributed by atoms with Crippen LogP contribution in [0.5, 0.6) is 0 Å². The first-order valence-corrected chi connectivity index (χ1v) is 9.61. The highest BCUT2D eigenvalue weighted by atomic mass is 32.1. The summed E-state index contributed by atoms with van der Waals surface area (Å²) in [6.07, 6.45) is 7.11. The SMILES string of the molecule is CC(C)c1ccc(C(NC(=O)C2CC=CCC2)c2cccs2)cc1. The highest BCUT2D eigenvalue weighted by Gasteiger charge is 2.24. The molecule has 2 unspecified atom stereocenters. The van der Waals surface area contributed by atoms with Crippen LogP contribution in [0.2, 0.25) is 0 Å². The van der Waals surface area contributed by atoms with Crippen LogP contribution in [0.3, 0.4) is 0 Å². The van der Waals surface area contributed by atoms with E-state index in [0.717, 1.165) is 24.8 Å². The second-order valence-electron chi connectivity index (χ2n) is 6.76. The molecule has 2 nitrogen and oxygen atoms in total. The molecule has 0 saturated heterocycles. The molecule has 0 bridgehead atoms. The minimum atomic E-state index is -0.0513. The molecule has 1 aromatic carbocycles. The Morgan fingerprint density at radius 3 is 2.46 bits per heavy atom. The molecule has 1 aliphatic rings. The lowest BCUT2D eigenvalue weighted by atomic mass is 9.92. The largest absolute Gasteiger partial charge is 0.344 e. The Morgan fingerprint density at radius 2 is 1.88 bits per heavy atom. The number of amides is 1. The maximum atomic E-state index is 12.7. The molecular formula is C21H25NOS. The van der Waals surface area contributed by atoms with Crippen LogP contribution in [0.1, 0.15) is 61.1 Å². The summed E-state index contributed by atoms with van der Waals surface area (Å²) in [6.45, 7) is 4.40. The third kappa shape index (κ3) is 3.96. The lowest BCUT2D eigenvalue weighted by Crippen LogP contribution is -2.34. The fourth-order valence-corrected chi connectivity index (χ4v) is 3.94. The molecular weight excluding hydrogens is 314 g/mol. The topological polar surface area (TPSA) is 29.1 Å². The van der Waals surface area contributed by atoms with Crippen LogP contribution in [-0.2, 0) is 4.79 Å². The average Bonchev–Trinajstić information content (AvgIpc) is 3.14. The van der Waals surface area contributed by atoms with Gasteiger partial charge < -0.3 is 5.32 Å².